The lowest BCUT2D eigenvalue weighted by molar-refractivity contribution is -0.387. The number of nitrogens with zero attached hydrogens (tertiary/aromatic N) is 1. The van der Waals surface area contributed by atoms with Crippen molar-refractivity contribution in [1.82, 2.24) is 0 Å². The van der Waals surface area contributed by atoms with Crippen LogP contribution >= 0.6 is 23.4 Å². The molecule has 9 heteroatoms. The fourth-order valence-electron chi connectivity index (χ4n) is 1.99. The van der Waals surface area contributed by atoms with E-state index < -0.39 is 10.8 Å². The predicted octanol–water partition coefficient (Wildman–Crippen LogP) is 3.39. The van der Waals surface area contributed by atoms with E-state index in [0.717, 1.165) is 23.4 Å². The molecule has 25 heavy (non-hydrogen) atoms. The third-order valence-corrected chi connectivity index (χ3v) is 4.57. The van der Waals surface area contributed by atoms with Gasteiger partial charge in [-0.1, -0.05) is 17.7 Å². The number of thioether (sulfide) groups is 1. The molecule has 130 valence electrons. The maximum absolute atomic E-state index is 12.1. The maximum Gasteiger partial charge on any atom is 0.283 e. The number of hydrogen-bond acceptors (Lipinski definition) is 5. The minimum atomic E-state index is -0.756. The lowest BCUT2D eigenvalue weighted by Crippen LogP contribution is -2.15. The molecule has 0 heterocycles. The average molecular weight is 380 g/mol. The smallest absolute Gasteiger partial charge is 0.283 e. The number of rotatable bonds is 6. The largest absolute Gasteiger partial charge is 0.366 e. The highest BCUT2D eigenvalue weighted by atomic mass is 35.5. The summed E-state index contributed by atoms with van der Waals surface area (Å²) in [5, 5.41) is 14.3. The molecular formula is C16H14ClN3O4S. The van der Waals surface area contributed by atoms with Crippen LogP contribution in [0.3, 0.4) is 0 Å². The molecule has 0 aliphatic carbocycles. The molecule has 2 rings (SSSR count). The second-order valence-electron chi connectivity index (χ2n) is 5.10. The van der Waals surface area contributed by atoms with Crippen molar-refractivity contribution in [3.63, 3.8) is 0 Å². The number of aryl methyl sites for hydroxylation is 1. The van der Waals surface area contributed by atoms with Crippen molar-refractivity contribution >= 4 is 46.6 Å². The fraction of sp³-hybridized carbons (Fsp3) is 0.125. The van der Waals surface area contributed by atoms with E-state index in [2.05, 4.69) is 5.32 Å². The molecule has 0 saturated heterocycles. The van der Waals surface area contributed by atoms with E-state index in [1.807, 2.05) is 6.92 Å². The van der Waals surface area contributed by atoms with E-state index >= 15 is 0 Å². The second-order valence-corrected chi connectivity index (χ2v) is 6.55. The lowest BCUT2D eigenvalue weighted by Gasteiger charge is -2.09. The number of nitro benzene ring substituents is 1. The Morgan fingerprint density at radius 3 is 2.64 bits per heavy atom. The van der Waals surface area contributed by atoms with Crippen LogP contribution in [0.1, 0.15) is 15.9 Å². The van der Waals surface area contributed by atoms with Gasteiger partial charge >= 0.3 is 0 Å². The first-order valence-electron chi connectivity index (χ1n) is 7.05. The minimum absolute atomic E-state index is 0.0371. The second kappa shape index (κ2) is 8.00. The summed E-state index contributed by atoms with van der Waals surface area (Å²) in [7, 11) is 0. The van der Waals surface area contributed by atoms with Gasteiger partial charge in [0.05, 0.1) is 15.6 Å². The summed E-state index contributed by atoms with van der Waals surface area (Å²) in [4.78, 5) is 34.0. The molecule has 3 N–H and O–H groups in total. The van der Waals surface area contributed by atoms with Crippen LogP contribution in [0.5, 0.6) is 0 Å². The summed E-state index contributed by atoms with van der Waals surface area (Å²) < 4.78 is 0. The Bertz CT molecular complexity index is 857. The van der Waals surface area contributed by atoms with Crippen LogP contribution in [-0.2, 0) is 4.79 Å². The molecule has 0 atom stereocenters. The Labute approximate surface area is 152 Å². The van der Waals surface area contributed by atoms with Gasteiger partial charge in [0.15, 0.2) is 0 Å². The highest BCUT2D eigenvalue weighted by Crippen LogP contribution is 2.30. The van der Waals surface area contributed by atoms with E-state index in [-0.39, 0.29) is 27.8 Å². The number of primary amides is 1. The van der Waals surface area contributed by atoms with Crippen molar-refractivity contribution in [2.24, 2.45) is 5.73 Å². The fourth-order valence-corrected chi connectivity index (χ4v) is 2.97. The van der Waals surface area contributed by atoms with Gasteiger partial charge in [0.1, 0.15) is 0 Å². The summed E-state index contributed by atoms with van der Waals surface area (Å²) in [6.07, 6.45) is 0. The van der Waals surface area contributed by atoms with Crippen LogP contribution in [0, 0.1) is 17.0 Å². The van der Waals surface area contributed by atoms with E-state index in [1.54, 1.807) is 18.2 Å². The number of carbonyl (C=O) groups excluding carboxylic acids is 2. The van der Waals surface area contributed by atoms with Crippen LogP contribution in [-0.4, -0.2) is 22.5 Å². The van der Waals surface area contributed by atoms with Gasteiger partial charge in [0.2, 0.25) is 11.8 Å². The Balaban J connectivity index is 2.10. The summed E-state index contributed by atoms with van der Waals surface area (Å²) in [5.74, 6) is -1.12. The molecule has 2 aromatic rings. The quantitative estimate of drug-likeness (QED) is 0.453. The summed E-state index contributed by atoms with van der Waals surface area (Å²) in [5.41, 5.74) is 6.32. The highest BCUT2D eigenvalue weighted by molar-refractivity contribution is 8.00. The van der Waals surface area contributed by atoms with Crippen LogP contribution in [0.4, 0.5) is 11.4 Å². The first-order valence-corrected chi connectivity index (χ1v) is 8.41. The van der Waals surface area contributed by atoms with E-state index in [1.165, 1.54) is 12.1 Å². The standard InChI is InChI=1S/C16H14ClN3O4S/c1-9-2-4-11(17)7-12(9)19-15(21)8-25-14-5-3-10(16(18)22)6-13(14)20(23)24/h2-7H,8H2,1H3,(H2,18,22)(H,19,21). The van der Waals surface area contributed by atoms with Crippen LogP contribution in [0.2, 0.25) is 5.02 Å². The van der Waals surface area contributed by atoms with Gasteiger partial charge in [-0.3, -0.25) is 19.7 Å². The first-order chi connectivity index (χ1) is 11.8. The normalized spacial score (nSPS) is 10.3. The summed E-state index contributed by atoms with van der Waals surface area (Å²) in [6.45, 7) is 1.83. The number of anilines is 1. The number of hydrogen-bond donors (Lipinski definition) is 2. The molecule has 0 radical (unpaired) electrons. The third kappa shape index (κ3) is 4.94. The zero-order chi connectivity index (χ0) is 18.6. The van der Waals surface area contributed by atoms with Gasteiger partial charge in [-0.25, -0.2) is 0 Å². The maximum atomic E-state index is 12.1. The van der Waals surface area contributed by atoms with Crippen molar-refractivity contribution in [3.05, 3.63) is 62.7 Å². The van der Waals surface area contributed by atoms with Crippen molar-refractivity contribution in [3.8, 4) is 0 Å². The number of benzene rings is 2. The zero-order valence-electron chi connectivity index (χ0n) is 13.1. The first kappa shape index (κ1) is 18.8. The minimum Gasteiger partial charge on any atom is -0.366 e. The van der Waals surface area contributed by atoms with Gasteiger partial charge in [0, 0.05) is 22.3 Å². The molecule has 2 amide bonds. The van der Waals surface area contributed by atoms with Crippen molar-refractivity contribution in [2.45, 2.75) is 11.8 Å². The van der Waals surface area contributed by atoms with Gasteiger partial charge < -0.3 is 11.1 Å². The molecule has 0 aliphatic heterocycles. The van der Waals surface area contributed by atoms with Crippen LogP contribution in [0.15, 0.2) is 41.3 Å². The number of nitrogens with two attached hydrogens (primary N) is 1. The molecule has 0 unspecified atom stereocenters. The molecule has 2 aromatic carbocycles. The molecule has 0 saturated carbocycles. The van der Waals surface area contributed by atoms with Gasteiger partial charge in [0.25, 0.3) is 5.69 Å². The number of halogens is 1. The topological polar surface area (TPSA) is 115 Å². The number of amides is 2. The van der Waals surface area contributed by atoms with Crippen molar-refractivity contribution in [2.75, 3.05) is 11.1 Å². The Hall–Kier alpha value is -2.58. The average Bonchev–Trinajstić information content (AvgIpc) is 2.56. The lowest BCUT2D eigenvalue weighted by atomic mass is 10.2. The van der Waals surface area contributed by atoms with Crippen LogP contribution in [0.25, 0.3) is 0 Å². The molecule has 0 bridgehead atoms. The Morgan fingerprint density at radius 2 is 2.00 bits per heavy atom. The van der Waals surface area contributed by atoms with E-state index in [4.69, 9.17) is 17.3 Å². The third-order valence-electron chi connectivity index (χ3n) is 3.27. The predicted molar refractivity (Wildman–Crippen MR) is 97.2 cm³/mol. The molecule has 0 spiro atoms. The Morgan fingerprint density at radius 1 is 1.28 bits per heavy atom. The zero-order valence-corrected chi connectivity index (χ0v) is 14.7. The van der Waals surface area contributed by atoms with Crippen molar-refractivity contribution < 1.29 is 14.5 Å². The Kier molecular flexibility index (Phi) is 6.00. The van der Waals surface area contributed by atoms with E-state index in [9.17, 15) is 19.7 Å². The van der Waals surface area contributed by atoms with Crippen LogP contribution < -0.4 is 11.1 Å². The van der Waals surface area contributed by atoms with Gasteiger partial charge in [-0.15, -0.1) is 11.8 Å². The van der Waals surface area contributed by atoms with E-state index in [0.29, 0.717) is 10.7 Å². The van der Waals surface area contributed by atoms with Gasteiger partial charge in [-0.2, -0.15) is 0 Å². The molecular weight excluding hydrogens is 366 g/mol. The summed E-state index contributed by atoms with van der Waals surface area (Å²) in [6, 6.07) is 9.01. The highest BCUT2D eigenvalue weighted by Gasteiger charge is 2.18. The molecule has 0 aromatic heterocycles. The molecule has 0 fully saturated rings. The molecule has 0 aliphatic rings. The number of nitro groups is 1. The SMILES string of the molecule is Cc1ccc(Cl)cc1NC(=O)CSc1ccc(C(N)=O)cc1[N+](=O)[O-]. The van der Waals surface area contributed by atoms with Gasteiger partial charge in [-0.05, 0) is 36.8 Å². The van der Waals surface area contributed by atoms with Crippen molar-refractivity contribution in [1.29, 1.82) is 0 Å². The number of carbonyl (C=O) groups is 2. The summed E-state index contributed by atoms with van der Waals surface area (Å²) >= 11 is 6.89. The monoisotopic (exact) mass is 379 g/mol. The number of nitrogens with one attached hydrogen (secondary N) is 1. The molecule has 7 nitrogen and oxygen atoms in total.